The third-order valence-corrected chi connectivity index (χ3v) is 4.38. The van der Waals surface area contributed by atoms with E-state index in [9.17, 15) is 9.50 Å². The van der Waals surface area contributed by atoms with Crippen molar-refractivity contribution in [1.82, 2.24) is 4.98 Å². The quantitative estimate of drug-likeness (QED) is 0.594. The van der Waals surface area contributed by atoms with Gasteiger partial charge in [0.1, 0.15) is 24.3 Å². The highest BCUT2D eigenvalue weighted by Gasteiger charge is 2.23. The van der Waals surface area contributed by atoms with Crippen LogP contribution >= 0.6 is 0 Å². The summed E-state index contributed by atoms with van der Waals surface area (Å²) in [5.74, 6) is 0.284. The van der Waals surface area contributed by atoms with Gasteiger partial charge in [0, 0.05) is 27.7 Å². The Balaban J connectivity index is 1.84. The van der Waals surface area contributed by atoms with Crippen LogP contribution in [0.1, 0.15) is 23.3 Å². The van der Waals surface area contributed by atoms with Gasteiger partial charge in [0.25, 0.3) is 0 Å². The summed E-state index contributed by atoms with van der Waals surface area (Å²) in [5.41, 5.74) is 9.45. The molecule has 3 aromatic rings. The lowest BCUT2D eigenvalue weighted by molar-refractivity contribution is 0.0954. The summed E-state index contributed by atoms with van der Waals surface area (Å²) in [6, 6.07) is 9.86. The number of hydrogen-bond acceptors (Lipinski definition) is 4. The summed E-state index contributed by atoms with van der Waals surface area (Å²) < 4.78 is 19.6. The predicted molar refractivity (Wildman–Crippen MR) is 88.2 cm³/mol. The Morgan fingerprint density at radius 3 is 2.92 bits per heavy atom. The van der Waals surface area contributed by atoms with E-state index in [1.165, 1.54) is 12.1 Å². The van der Waals surface area contributed by atoms with Gasteiger partial charge < -0.3 is 25.7 Å². The van der Waals surface area contributed by atoms with Gasteiger partial charge in [0.15, 0.2) is 0 Å². The number of aliphatic hydroxyl groups excluding tert-OH is 2. The van der Waals surface area contributed by atoms with E-state index >= 15 is 0 Å². The molecule has 0 saturated heterocycles. The predicted octanol–water partition coefficient (Wildman–Crippen LogP) is 2.39. The van der Waals surface area contributed by atoms with Gasteiger partial charge in [-0.1, -0.05) is 6.07 Å². The molecular weight excluding hydrogens is 311 g/mol. The molecule has 0 spiro atoms. The van der Waals surface area contributed by atoms with Gasteiger partial charge in [-0.2, -0.15) is 0 Å². The first-order valence-electron chi connectivity index (χ1n) is 7.70. The molecule has 124 valence electrons. The molecule has 2 atom stereocenters. The first kappa shape index (κ1) is 15.1. The average Bonchev–Trinajstić information content (AvgIpc) is 3.17. The number of nitrogens with two attached hydrogens (primary N) is 1. The fraction of sp³-hybridized carbons (Fsp3) is 0.222. The second-order valence-corrected chi connectivity index (χ2v) is 6.02. The summed E-state index contributed by atoms with van der Waals surface area (Å²) in [7, 11) is 0. The molecule has 1 aliphatic heterocycles. The summed E-state index contributed by atoms with van der Waals surface area (Å²) in [6.07, 6.45) is -1.12. The lowest BCUT2D eigenvalue weighted by Gasteiger charge is -2.09. The summed E-state index contributed by atoms with van der Waals surface area (Å²) in [6.45, 7) is -0.0173. The van der Waals surface area contributed by atoms with E-state index in [-0.39, 0.29) is 6.04 Å². The fourth-order valence-electron chi connectivity index (χ4n) is 3.13. The molecule has 1 aromatic heterocycles. The molecule has 4 rings (SSSR count). The number of ether oxygens (including phenoxy) is 1. The summed E-state index contributed by atoms with van der Waals surface area (Å²) >= 11 is 0. The average molecular weight is 328 g/mol. The van der Waals surface area contributed by atoms with Gasteiger partial charge in [-0.25, -0.2) is 4.39 Å². The third-order valence-electron chi connectivity index (χ3n) is 4.38. The number of aromatic amines is 1. The maximum Gasteiger partial charge on any atom is 0.133 e. The molecular formula is C18H17FN2O3. The fourth-order valence-corrected chi connectivity index (χ4v) is 3.13. The van der Waals surface area contributed by atoms with E-state index in [0.29, 0.717) is 23.4 Å². The smallest absolute Gasteiger partial charge is 0.133 e. The molecule has 24 heavy (non-hydrogen) atoms. The van der Waals surface area contributed by atoms with Crippen molar-refractivity contribution in [2.75, 3.05) is 13.2 Å². The van der Waals surface area contributed by atoms with Gasteiger partial charge in [-0.3, -0.25) is 0 Å². The minimum absolute atomic E-state index is 0.136. The standard InChI is InChI=1S/C18H17FN2O3/c19-11-4-9(3-10(5-11)17(23)7-22)16-6-13-15(21-16)2-1-12-14(20)8-24-18(12)13/h1-6,14,17,21-23H,7-8,20H2/t14?,17-/m0/s1. The van der Waals surface area contributed by atoms with E-state index in [2.05, 4.69) is 4.98 Å². The zero-order valence-corrected chi connectivity index (χ0v) is 12.8. The molecule has 0 aliphatic carbocycles. The Labute approximate surface area is 137 Å². The molecule has 0 amide bonds. The number of nitrogens with one attached hydrogen (secondary N) is 1. The van der Waals surface area contributed by atoms with Crippen LogP contribution in [-0.2, 0) is 0 Å². The van der Waals surface area contributed by atoms with Crippen LogP contribution in [0.5, 0.6) is 5.75 Å². The summed E-state index contributed by atoms with van der Waals surface area (Å²) in [5, 5.41) is 19.7. The maximum absolute atomic E-state index is 13.9. The van der Waals surface area contributed by atoms with Gasteiger partial charge in [-0.05, 0) is 35.9 Å². The molecule has 2 heterocycles. The molecule has 2 aromatic carbocycles. The first-order chi connectivity index (χ1) is 11.6. The van der Waals surface area contributed by atoms with Crippen LogP contribution in [0.4, 0.5) is 4.39 Å². The lowest BCUT2D eigenvalue weighted by atomic mass is 10.0. The maximum atomic E-state index is 13.9. The molecule has 1 unspecified atom stereocenters. The van der Waals surface area contributed by atoms with Crippen LogP contribution in [-0.4, -0.2) is 28.4 Å². The van der Waals surface area contributed by atoms with Crippen molar-refractivity contribution in [3.63, 3.8) is 0 Å². The van der Waals surface area contributed by atoms with E-state index in [0.717, 1.165) is 22.2 Å². The van der Waals surface area contributed by atoms with Crippen molar-refractivity contribution in [2.45, 2.75) is 12.1 Å². The topological polar surface area (TPSA) is 91.5 Å². The van der Waals surface area contributed by atoms with Gasteiger partial charge in [0.05, 0.1) is 12.6 Å². The lowest BCUT2D eigenvalue weighted by Crippen LogP contribution is -2.10. The van der Waals surface area contributed by atoms with Crippen LogP contribution in [0.25, 0.3) is 22.2 Å². The normalized spacial score (nSPS) is 17.8. The Kier molecular flexibility index (Phi) is 3.53. The molecule has 0 bridgehead atoms. The van der Waals surface area contributed by atoms with Crippen molar-refractivity contribution >= 4 is 10.9 Å². The SMILES string of the molecule is NC1COc2c1ccc1[nH]c(-c3cc(F)cc([C@@H](O)CO)c3)cc21. The molecule has 6 heteroatoms. The van der Waals surface area contributed by atoms with Crippen molar-refractivity contribution in [3.05, 3.63) is 53.3 Å². The minimum Gasteiger partial charge on any atom is -0.491 e. The van der Waals surface area contributed by atoms with Crippen LogP contribution in [0.3, 0.4) is 0 Å². The van der Waals surface area contributed by atoms with Crippen LogP contribution in [0, 0.1) is 5.82 Å². The van der Waals surface area contributed by atoms with Crippen LogP contribution < -0.4 is 10.5 Å². The van der Waals surface area contributed by atoms with Gasteiger partial charge in [-0.15, -0.1) is 0 Å². The van der Waals surface area contributed by atoms with Crippen molar-refractivity contribution < 1.29 is 19.3 Å². The van der Waals surface area contributed by atoms with Crippen molar-refractivity contribution in [3.8, 4) is 17.0 Å². The number of hydrogen-bond donors (Lipinski definition) is 4. The van der Waals surface area contributed by atoms with Gasteiger partial charge >= 0.3 is 0 Å². The highest BCUT2D eigenvalue weighted by Crippen LogP contribution is 2.39. The number of halogens is 1. The third kappa shape index (κ3) is 2.36. The second-order valence-electron chi connectivity index (χ2n) is 6.02. The number of fused-ring (bicyclic) bond motifs is 3. The van der Waals surface area contributed by atoms with E-state index < -0.39 is 18.5 Å². The molecule has 5 N–H and O–H groups in total. The number of H-pyrrole nitrogens is 1. The minimum atomic E-state index is -1.12. The van der Waals surface area contributed by atoms with Crippen molar-refractivity contribution in [2.24, 2.45) is 5.73 Å². The highest BCUT2D eigenvalue weighted by atomic mass is 19.1. The Hall–Kier alpha value is -2.41. The molecule has 0 saturated carbocycles. The zero-order valence-electron chi connectivity index (χ0n) is 12.8. The van der Waals surface area contributed by atoms with E-state index in [1.54, 1.807) is 6.07 Å². The Morgan fingerprint density at radius 2 is 2.12 bits per heavy atom. The number of rotatable bonds is 3. The van der Waals surface area contributed by atoms with Gasteiger partial charge in [0.2, 0.25) is 0 Å². The monoisotopic (exact) mass is 328 g/mol. The second kappa shape index (κ2) is 5.59. The molecule has 0 radical (unpaired) electrons. The van der Waals surface area contributed by atoms with Crippen LogP contribution in [0.2, 0.25) is 0 Å². The van der Waals surface area contributed by atoms with E-state index in [1.807, 2.05) is 18.2 Å². The molecule has 1 aliphatic rings. The van der Waals surface area contributed by atoms with Crippen LogP contribution in [0.15, 0.2) is 36.4 Å². The number of aliphatic hydroxyl groups is 2. The largest absolute Gasteiger partial charge is 0.491 e. The summed E-state index contributed by atoms with van der Waals surface area (Å²) in [4.78, 5) is 3.24. The molecule has 5 nitrogen and oxygen atoms in total. The number of aromatic nitrogens is 1. The molecule has 0 fully saturated rings. The van der Waals surface area contributed by atoms with E-state index in [4.69, 9.17) is 15.6 Å². The van der Waals surface area contributed by atoms with Crippen molar-refractivity contribution in [1.29, 1.82) is 0 Å². The Morgan fingerprint density at radius 1 is 1.29 bits per heavy atom. The zero-order chi connectivity index (χ0) is 16.8. The first-order valence-corrected chi connectivity index (χ1v) is 7.70. The Bertz CT molecular complexity index is 922. The highest BCUT2D eigenvalue weighted by molar-refractivity contribution is 5.92. The number of benzene rings is 2.